The molecule has 82 valence electrons. The van der Waals surface area contributed by atoms with Crippen LogP contribution < -0.4 is 5.43 Å². The van der Waals surface area contributed by atoms with Crippen LogP contribution in [0, 0.1) is 11.3 Å². The zero-order valence-electron chi connectivity index (χ0n) is 8.80. The van der Waals surface area contributed by atoms with E-state index in [-0.39, 0.29) is 12.3 Å². The molecule has 0 spiro atoms. The highest BCUT2D eigenvalue weighted by molar-refractivity contribution is 6.43. The number of rotatable bonds is 4. The Morgan fingerprint density at radius 3 is 2.75 bits per heavy atom. The lowest BCUT2D eigenvalue weighted by Gasteiger charge is -2.01. The van der Waals surface area contributed by atoms with E-state index in [1.807, 2.05) is 18.2 Å². The van der Waals surface area contributed by atoms with Crippen molar-refractivity contribution >= 4 is 17.4 Å². The molecule has 0 aromatic heterocycles. The van der Waals surface area contributed by atoms with Crippen molar-refractivity contribution in [2.45, 2.75) is 6.92 Å². The first-order valence-corrected chi connectivity index (χ1v) is 4.74. The summed E-state index contributed by atoms with van der Waals surface area (Å²) in [5.74, 6) is -0.728. The van der Waals surface area contributed by atoms with Crippen LogP contribution in [0.25, 0.3) is 0 Å². The maximum Gasteiger partial charge on any atom is 0.369 e. The molecule has 0 radical (unpaired) electrons. The number of nitriles is 1. The molecular weight excluding hydrogens is 206 g/mol. The number of esters is 1. The normalized spacial score (nSPS) is 10.4. The van der Waals surface area contributed by atoms with Crippen LogP contribution in [-0.4, -0.2) is 18.3 Å². The van der Waals surface area contributed by atoms with Crippen LogP contribution in [0.5, 0.6) is 0 Å². The zero-order valence-corrected chi connectivity index (χ0v) is 8.80. The highest BCUT2D eigenvalue weighted by atomic mass is 16.5. The van der Waals surface area contributed by atoms with Gasteiger partial charge in [-0.05, 0) is 19.1 Å². The van der Waals surface area contributed by atoms with Gasteiger partial charge in [-0.2, -0.15) is 10.4 Å². The van der Waals surface area contributed by atoms with Crippen LogP contribution in [0.1, 0.15) is 6.92 Å². The minimum absolute atomic E-state index is 0.213. The molecule has 1 aromatic carbocycles. The molecule has 1 rings (SSSR count). The first-order chi connectivity index (χ1) is 7.77. The van der Waals surface area contributed by atoms with Gasteiger partial charge in [-0.3, -0.25) is 5.43 Å². The highest BCUT2D eigenvalue weighted by Crippen LogP contribution is 2.04. The van der Waals surface area contributed by atoms with Crippen molar-refractivity contribution in [2.24, 2.45) is 5.10 Å². The number of nitrogens with one attached hydrogen (secondary N) is 1. The number of carbonyl (C=O) groups is 1. The van der Waals surface area contributed by atoms with Crippen LogP contribution in [0.15, 0.2) is 35.4 Å². The Morgan fingerprint density at radius 1 is 1.50 bits per heavy atom. The average molecular weight is 217 g/mol. The fourth-order valence-corrected chi connectivity index (χ4v) is 0.949. The van der Waals surface area contributed by atoms with E-state index in [0.717, 1.165) is 0 Å². The number of carbonyl (C=O) groups excluding carboxylic acids is 1. The van der Waals surface area contributed by atoms with Crippen molar-refractivity contribution in [1.29, 1.82) is 5.26 Å². The van der Waals surface area contributed by atoms with Crippen molar-refractivity contribution in [3.63, 3.8) is 0 Å². The third kappa shape index (κ3) is 3.42. The van der Waals surface area contributed by atoms with Gasteiger partial charge in [0.15, 0.2) is 0 Å². The molecule has 0 saturated heterocycles. The van der Waals surface area contributed by atoms with Crippen LogP contribution in [0.3, 0.4) is 0 Å². The third-order valence-electron chi connectivity index (χ3n) is 1.65. The third-order valence-corrected chi connectivity index (χ3v) is 1.65. The minimum atomic E-state index is -0.728. The van der Waals surface area contributed by atoms with Gasteiger partial charge < -0.3 is 4.74 Å². The summed E-state index contributed by atoms with van der Waals surface area (Å²) in [5, 5.41) is 12.3. The Bertz CT molecular complexity index is 421. The lowest BCUT2D eigenvalue weighted by molar-refractivity contribution is -0.134. The molecule has 0 aliphatic rings. The van der Waals surface area contributed by atoms with Crippen molar-refractivity contribution in [2.75, 3.05) is 12.0 Å². The van der Waals surface area contributed by atoms with Gasteiger partial charge in [-0.1, -0.05) is 18.2 Å². The van der Waals surface area contributed by atoms with Crippen molar-refractivity contribution in [3.05, 3.63) is 30.3 Å². The predicted octanol–water partition coefficient (Wildman–Crippen LogP) is 1.54. The molecule has 5 nitrogen and oxygen atoms in total. The molecular formula is C11H11N3O2. The molecule has 0 heterocycles. The molecule has 0 bridgehead atoms. The van der Waals surface area contributed by atoms with Crippen LogP contribution in [0.2, 0.25) is 0 Å². The monoisotopic (exact) mass is 217 g/mol. The summed E-state index contributed by atoms with van der Waals surface area (Å²) in [7, 11) is 0. The minimum Gasteiger partial charge on any atom is -0.461 e. The maximum absolute atomic E-state index is 11.2. The van der Waals surface area contributed by atoms with E-state index in [1.165, 1.54) is 0 Å². The van der Waals surface area contributed by atoms with Crippen LogP contribution in [-0.2, 0) is 9.53 Å². The molecule has 0 saturated carbocycles. The van der Waals surface area contributed by atoms with Crippen LogP contribution in [0.4, 0.5) is 5.69 Å². The quantitative estimate of drug-likeness (QED) is 0.471. The molecule has 5 heteroatoms. The summed E-state index contributed by atoms with van der Waals surface area (Å²) in [5.41, 5.74) is 2.99. The standard InChI is InChI=1S/C11H11N3O2/c1-2-16-11(15)10(8-12)14-13-9-6-4-3-5-7-9/h3-7,13H,2H2,1H3. The Balaban J connectivity index is 2.68. The van der Waals surface area contributed by atoms with Gasteiger partial charge in [0, 0.05) is 0 Å². The van der Waals surface area contributed by atoms with Gasteiger partial charge in [0.25, 0.3) is 0 Å². The zero-order chi connectivity index (χ0) is 11.8. The van der Waals surface area contributed by atoms with E-state index >= 15 is 0 Å². The molecule has 16 heavy (non-hydrogen) atoms. The number of para-hydroxylation sites is 1. The molecule has 0 atom stereocenters. The van der Waals surface area contributed by atoms with Gasteiger partial charge in [-0.25, -0.2) is 4.79 Å². The number of anilines is 1. The van der Waals surface area contributed by atoms with E-state index in [0.29, 0.717) is 5.69 Å². The van der Waals surface area contributed by atoms with Crippen molar-refractivity contribution in [1.82, 2.24) is 0 Å². The summed E-state index contributed by atoms with van der Waals surface area (Å²) in [6.07, 6.45) is 0. The number of hydrogen-bond acceptors (Lipinski definition) is 5. The average Bonchev–Trinajstić information content (AvgIpc) is 2.31. The largest absolute Gasteiger partial charge is 0.461 e. The second kappa shape index (κ2) is 6.19. The Kier molecular flexibility index (Phi) is 4.54. The number of hydrogen-bond donors (Lipinski definition) is 1. The second-order valence-electron chi connectivity index (χ2n) is 2.77. The first-order valence-electron chi connectivity index (χ1n) is 4.74. The SMILES string of the molecule is CCOC(=O)C(C#N)=NNc1ccccc1. The summed E-state index contributed by atoms with van der Waals surface area (Å²) >= 11 is 0. The Labute approximate surface area is 93.3 Å². The number of benzene rings is 1. The molecule has 0 aliphatic carbocycles. The highest BCUT2D eigenvalue weighted by Gasteiger charge is 2.11. The molecule has 1 aromatic rings. The molecule has 0 fully saturated rings. The van der Waals surface area contributed by atoms with Gasteiger partial charge in [-0.15, -0.1) is 0 Å². The molecule has 1 N–H and O–H groups in total. The number of ether oxygens (including phenoxy) is 1. The smallest absolute Gasteiger partial charge is 0.369 e. The fraction of sp³-hybridized carbons (Fsp3) is 0.182. The summed E-state index contributed by atoms with van der Waals surface area (Å²) < 4.78 is 4.65. The Hall–Kier alpha value is -2.35. The number of nitrogens with zero attached hydrogens (tertiary/aromatic N) is 2. The molecule has 0 unspecified atom stereocenters. The van der Waals surface area contributed by atoms with Gasteiger partial charge >= 0.3 is 5.97 Å². The predicted molar refractivity (Wildman–Crippen MR) is 59.7 cm³/mol. The van der Waals surface area contributed by atoms with Gasteiger partial charge in [0.1, 0.15) is 6.07 Å². The lowest BCUT2D eigenvalue weighted by Crippen LogP contribution is -2.17. The van der Waals surface area contributed by atoms with Gasteiger partial charge in [0.05, 0.1) is 12.3 Å². The molecule has 0 aliphatic heterocycles. The summed E-state index contributed by atoms with van der Waals surface area (Å²) in [6, 6.07) is 10.7. The first kappa shape index (κ1) is 11.7. The fourth-order valence-electron chi connectivity index (χ4n) is 0.949. The van der Waals surface area contributed by atoms with Crippen LogP contribution >= 0.6 is 0 Å². The second-order valence-corrected chi connectivity index (χ2v) is 2.77. The van der Waals surface area contributed by atoms with E-state index in [9.17, 15) is 4.79 Å². The Morgan fingerprint density at radius 2 is 2.19 bits per heavy atom. The summed E-state index contributed by atoms with van der Waals surface area (Å²) in [4.78, 5) is 11.2. The van der Waals surface area contributed by atoms with Crippen molar-refractivity contribution in [3.8, 4) is 6.07 Å². The molecule has 0 amide bonds. The van der Waals surface area contributed by atoms with Crippen molar-refractivity contribution < 1.29 is 9.53 Å². The maximum atomic E-state index is 11.2. The number of hydrazone groups is 1. The van der Waals surface area contributed by atoms with E-state index in [4.69, 9.17) is 5.26 Å². The lowest BCUT2D eigenvalue weighted by atomic mass is 10.3. The summed E-state index contributed by atoms with van der Waals surface area (Å²) in [6.45, 7) is 1.88. The van der Waals surface area contributed by atoms with E-state index < -0.39 is 5.97 Å². The van der Waals surface area contributed by atoms with Gasteiger partial charge in [0.2, 0.25) is 5.71 Å². The topological polar surface area (TPSA) is 74.5 Å². The van der Waals surface area contributed by atoms with E-state index in [1.54, 1.807) is 25.1 Å². The van der Waals surface area contributed by atoms with E-state index in [2.05, 4.69) is 15.3 Å².